The molecule has 0 spiro atoms. The average molecular weight is 384 g/mol. The van der Waals surface area contributed by atoms with E-state index in [1.807, 2.05) is 13.8 Å². The van der Waals surface area contributed by atoms with Crippen molar-refractivity contribution in [3.63, 3.8) is 0 Å². The number of cyclic esters (lactones) is 1. The van der Waals surface area contributed by atoms with Gasteiger partial charge in [0, 0.05) is 19.1 Å². The van der Waals surface area contributed by atoms with Crippen molar-refractivity contribution in [2.24, 2.45) is 5.92 Å². The quantitative estimate of drug-likeness (QED) is 0.801. The highest BCUT2D eigenvalue weighted by molar-refractivity contribution is 7.89. The molecule has 0 N–H and O–H groups in total. The zero-order valence-corrected chi connectivity index (χ0v) is 16.1. The van der Waals surface area contributed by atoms with E-state index in [0.29, 0.717) is 38.1 Å². The normalized spacial score (nSPS) is 22.9. The zero-order chi connectivity index (χ0) is 19.1. The lowest BCUT2D eigenvalue weighted by molar-refractivity contribution is 0.117. The monoisotopic (exact) mass is 384 g/mol. The van der Waals surface area contributed by atoms with Gasteiger partial charge in [0.1, 0.15) is 12.4 Å². The molecule has 2 aliphatic heterocycles. The fourth-order valence-corrected chi connectivity index (χ4v) is 5.44. The Morgan fingerprint density at radius 2 is 1.88 bits per heavy atom. The molecule has 2 fully saturated rings. The third-order valence-electron chi connectivity index (χ3n) is 5.30. The highest BCUT2D eigenvalue weighted by atomic mass is 32.2. The van der Waals surface area contributed by atoms with Gasteiger partial charge in [-0.1, -0.05) is 19.9 Å². The summed E-state index contributed by atoms with van der Waals surface area (Å²) < 4.78 is 45.9. The molecule has 26 heavy (non-hydrogen) atoms. The SMILES string of the molecule is Cc1ccc(F)cc1S(=O)(=O)N1CCC(N2C(=O)OCC2C(C)C)CC1. The molecule has 8 heteroatoms. The lowest BCUT2D eigenvalue weighted by Crippen LogP contribution is -2.50. The summed E-state index contributed by atoms with van der Waals surface area (Å²) in [5.41, 5.74) is 0.525. The first-order chi connectivity index (χ1) is 12.2. The Hall–Kier alpha value is -1.67. The number of hydrogen-bond acceptors (Lipinski definition) is 4. The van der Waals surface area contributed by atoms with E-state index in [9.17, 15) is 17.6 Å². The van der Waals surface area contributed by atoms with Crippen LogP contribution in [-0.2, 0) is 14.8 Å². The average Bonchev–Trinajstić information content (AvgIpc) is 2.99. The molecule has 2 saturated heterocycles. The van der Waals surface area contributed by atoms with Gasteiger partial charge in [-0.15, -0.1) is 0 Å². The van der Waals surface area contributed by atoms with Crippen LogP contribution in [0.2, 0.25) is 0 Å². The van der Waals surface area contributed by atoms with E-state index in [1.54, 1.807) is 11.8 Å². The number of nitrogens with zero attached hydrogens (tertiary/aromatic N) is 2. The molecule has 2 aliphatic rings. The van der Waals surface area contributed by atoms with Gasteiger partial charge in [-0.2, -0.15) is 4.31 Å². The number of hydrogen-bond donors (Lipinski definition) is 0. The molecule has 0 aromatic heterocycles. The Morgan fingerprint density at radius 3 is 2.50 bits per heavy atom. The van der Waals surface area contributed by atoms with Gasteiger partial charge >= 0.3 is 6.09 Å². The minimum Gasteiger partial charge on any atom is -0.447 e. The van der Waals surface area contributed by atoms with E-state index in [4.69, 9.17) is 4.74 Å². The van der Waals surface area contributed by atoms with Crippen LogP contribution in [0.5, 0.6) is 0 Å². The van der Waals surface area contributed by atoms with E-state index in [-0.39, 0.29) is 29.0 Å². The van der Waals surface area contributed by atoms with Crippen LogP contribution in [0.1, 0.15) is 32.3 Å². The smallest absolute Gasteiger partial charge is 0.410 e. The fraction of sp³-hybridized carbons (Fsp3) is 0.611. The zero-order valence-electron chi connectivity index (χ0n) is 15.3. The van der Waals surface area contributed by atoms with Gasteiger partial charge in [0.2, 0.25) is 10.0 Å². The lowest BCUT2D eigenvalue weighted by Gasteiger charge is -2.38. The summed E-state index contributed by atoms with van der Waals surface area (Å²) in [5.74, 6) is -0.290. The summed E-state index contributed by atoms with van der Waals surface area (Å²) in [5, 5.41) is 0. The molecule has 1 amide bonds. The molecule has 1 aromatic carbocycles. The van der Waals surface area contributed by atoms with Crippen LogP contribution >= 0.6 is 0 Å². The topological polar surface area (TPSA) is 66.9 Å². The highest BCUT2D eigenvalue weighted by Crippen LogP contribution is 2.30. The van der Waals surface area contributed by atoms with Gasteiger partial charge in [0.25, 0.3) is 0 Å². The molecule has 1 unspecified atom stereocenters. The molecule has 144 valence electrons. The molecule has 0 radical (unpaired) electrons. The number of piperidine rings is 1. The number of aryl methyl sites for hydroxylation is 1. The molecule has 6 nitrogen and oxygen atoms in total. The molecule has 0 aliphatic carbocycles. The summed E-state index contributed by atoms with van der Waals surface area (Å²) in [6.07, 6.45) is 0.781. The van der Waals surface area contributed by atoms with Crippen molar-refractivity contribution >= 4 is 16.1 Å². The van der Waals surface area contributed by atoms with Crippen molar-refractivity contribution in [2.75, 3.05) is 19.7 Å². The fourth-order valence-electron chi connectivity index (χ4n) is 3.73. The third-order valence-corrected chi connectivity index (χ3v) is 7.34. The number of sulfonamides is 1. The number of carbonyl (C=O) groups is 1. The number of amides is 1. The predicted molar refractivity (Wildman–Crippen MR) is 94.7 cm³/mol. The molecule has 0 bridgehead atoms. The first kappa shape index (κ1) is 19.1. The second-order valence-corrected chi connectivity index (χ2v) is 9.25. The van der Waals surface area contributed by atoms with Crippen molar-refractivity contribution in [3.05, 3.63) is 29.6 Å². The highest BCUT2D eigenvalue weighted by Gasteiger charge is 2.42. The molecule has 0 saturated carbocycles. The Labute approximate surface area is 154 Å². The lowest BCUT2D eigenvalue weighted by atomic mass is 9.98. The first-order valence-corrected chi connectivity index (χ1v) is 10.4. The van der Waals surface area contributed by atoms with Crippen molar-refractivity contribution in [3.8, 4) is 0 Å². The first-order valence-electron chi connectivity index (χ1n) is 8.93. The molecule has 1 aromatic rings. The van der Waals surface area contributed by atoms with E-state index in [0.717, 1.165) is 6.07 Å². The Morgan fingerprint density at radius 1 is 1.23 bits per heavy atom. The van der Waals surface area contributed by atoms with E-state index < -0.39 is 15.8 Å². The van der Waals surface area contributed by atoms with Crippen molar-refractivity contribution in [1.82, 2.24) is 9.21 Å². The number of rotatable bonds is 4. The van der Waals surface area contributed by atoms with Crippen LogP contribution < -0.4 is 0 Å². The minimum absolute atomic E-state index is 0.0107. The Bertz CT molecular complexity index is 788. The summed E-state index contributed by atoms with van der Waals surface area (Å²) in [7, 11) is -3.75. The van der Waals surface area contributed by atoms with Crippen LogP contribution in [0.15, 0.2) is 23.1 Å². The largest absolute Gasteiger partial charge is 0.447 e. The maximum Gasteiger partial charge on any atom is 0.410 e. The maximum atomic E-state index is 13.5. The molecular formula is C18H25FN2O4S. The molecular weight excluding hydrogens is 359 g/mol. The number of benzene rings is 1. The van der Waals surface area contributed by atoms with Gasteiger partial charge in [0.05, 0.1) is 10.9 Å². The van der Waals surface area contributed by atoms with Crippen LogP contribution in [0.3, 0.4) is 0 Å². The van der Waals surface area contributed by atoms with Crippen LogP contribution in [-0.4, -0.2) is 55.5 Å². The summed E-state index contributed by atoms with van der Waals surface area (Å²) >= 11 is 0. The second kappa shape index (κ2) is 7.15. The molecule has 3 rings (SSSR count). The van der Waals surface area contributed by atoms with Crippen molar-refractivity contribution < 1.29 is 22.3 Å². The number of ether oxygens (including phenoxy) is 1. The van der Waals surface area contributed by atoms with Gasteiger partial charge in [-0.05, 0) is 43.4 Å². The van der Waals surface area contributed by atoms with Crippen LogP contribution in [0.25, 0.3) is 0 Å². The second-order valence-electron chi connectivity index (χ2n) is 7.34. The number of halogens is 1. The maximum absolute atomic E-state index is 13.5. The van der Waals surface area contributed by atoms with Crippen molar-refractivity contribution in [2.45, 2.75) is 50.6 Å². The van der Waals surface area contributed by atoms with E-state index in [2.05, 4.69) is 0 Å². The summed E-state index contributed by atoms with van der Waals surface area (Å²) in [6, 6.07) is 3.80. The van der Waals surface area contributed by atoms with E-state index >= 15 is 0 Å². The summed E-state index contributed by atoms with van der Waals surface area (Å²) in [6.45, 7) is 6.75. The minimum atomic E-state index is -3.75. The molecule has 1 atom stereocenters. The number of carbonyl (C=O) groups excluding carboxylic acids is 1. The van der Waals surface area contributed by atoms with Crippen LogP contribution in [0.4, 0.5) is 9.18 Å². The van der Waals surface area contributed by atoms with Crippen molar-refractivity contribution in [1.29, 1.82) is 0 Å². The van der Waals surface area contributed by atoms with E-state index in [1.165, 1.54) is 16.4 Å². The van der Waals surface area contributed by atoms with Crippen LogP contribution in [0, 0.1) is 18.7 Å². The third kappa shape index (κ3) is 3.44. The summed E-state index contributed by atoms with van der Waals surface area (Å²) in [4.78, 5) is 13.9. The van der Waals surface area contributed by atoms with Gasteiger partial charge in [0.15, 0.2) is 0 Å². The Kier molecular flexibility index (Phi) is 5.25. The standard InChI is InChI=1S/C18H25FN2O4S/c1-12(2)16-11-25-18(22)21(16)15-6-8-20(9-7-15)26(23,24)17-10-14(19)5-4-13(17)3/h4-5,10,12,15-16H,6-9,11H2,1-3H3. The Balaban J connectivity index is 1.74. The van der Waals surface area contributed by atoms with Gasteiger partial charge in [-0.3, -0.25) is 4.90 Å². The predicted octanol–water partition coefficient (Wildman–Crippen LogP) is 2.76. The molecule has 2 heterocycles. The van der Waals surface area contributed by atoms with Gasteiger partial charge in [-0.25, -0.2) is 17.6 Å². The van der Waals surface area contributed by atoms with Gasteiger partial charge < -0.3 is 4.74 Å².